The number of hydrogen-bond donors (Lipinski definition) is 0. The van der Waals surface area contributed by atoms with Crippen molar-refractivity contribution >= 4 is 22.8 Å². The van der Waals surface area contributed by atoms with E-state index in [4.69, 9.17) is 19.2 Å². The first-order chi connectivity index (χ1) is 17.0. The van der Waals surface area contributed by atoms with Gasteiger partial charge in [-0.25, -0.2) is 9.78 Å². The van der Waals surface area contributed by atoms with Crippen LogP contribution in [0.4, 0.5) is 10.5 Å². The summed E-state index contributed by atoms with van der Waals surface area (Å²) in [6.45, 7) is 2.08. The Hall–Kier alpha value is -3.22. The van der Waals surface area contributed by atoms with Crippen molar-refractivity contribution in [2.45, 2.75) is 70.4 Å². The number of methoxy groups -OCH3 is 3. The molecular formula is C28H35N3O4. The number of benzene rings is 2. The maximum absolute atomic E-state index is 12.6. The molecule has 186 valence electrons. The summed E-state index contributed by atoms with van der Waals surface area (Å²) in [6, 6.07) is 10.9. The average molecular weight is 478 g/mol. The van der Waals surface area contributed by atoms with Gasteiger partial charge < -0.3 is 18.8 Å². The van der Waals surface area contributed by atoms with E-state index in [9.17, 15) is 4.79 Å². The van der Waals surface area contributed by atoms with Gasteiger partial charge in [-0.2, -0.15) is 0 Å². The van der Waals surface area contributed by atoms with E-state index in [2.05, 4.69) is 29.7 Å². The maximum Gasteiger partial charge on any atom is 0.414 e. The zero-order valence-electron chi connectivity index (χ0n) is 21.2. The van der Waals surface area contributed by atoms with Crippen molar-refractivity contribution in [1.29, 1.82) is 0 Å². The Labute approximate surface area is 207 Å². The van der Waals surface area contributed by atoms with Crippen LogP contribution in [-0.2, 0) is 17.6 Å². The molecule has 1 amide bonds. The van der Waals surface area contributed by atoms with Gasteiger partial charge in [-0.15, -0.1) is 0 Å². The summed E-state index contributed by atoms with van der Waals surface area (Å²) in [7, 11) is 4.77. The molecule has 0 unspecified atom stereocenters. The van der Waals surface area contributed by atoms with Crippen LogP contribution >= 0.6 is 0 Å². The van der Waals surface area contributed by atoms with Crippen molar-refractivity contribution in [3.8, 4) is 11.5 Å². The fourth-order valence-electron chi connectivity index (χ4n) is 5.87. The van der Waals surface area contributed by atoms with E-state index in [0.717, 1.165) is 52.5 Å². The highest BCUT2D eigenvalue weighted by Gasteiger charge is 2.32. The Morgan fingerprint density at radius 1 is 1.00 bits per heavy atom. The monoisotopic (exact) mass is 477 g/mol. The predicted molar refractivity (Wildman–Crippen MR) is 137 cm³/mol. The Morgan fingerprint density at radius 3 is 2.49 bits per heavy atom. The van der Waals surface area contributed by atoms with Crippen molar-refractivity contribution in [1.82, 2.24) is 9.55 Å². The molecule has 1 atom stereocenters. The molecule has 35 heavy (non-hydrogen) atoms. The minimum absolute atomic E-state index is 0.0964. The molecule has 2 heterocycles. The average Bonchev–Trinajstić information content (AvgIpc) is 3.26. The summed E-state index contributed by atoms with van der Waals surface area (Å²) >= 11 is 0. The Bertz CT molecular complexity index is 1230. The molecule has 7 nitrogen and oxygen atoms in total. The first-order valence-corrected chi connectivity index (χ1v) is 12.7. The molecule has 7 heteroatoms. The summed E-state index contributed by atoms with van der Waals surface area (Å²) in [5, 5.41) is 0. The molecule has 1 fully saturated rings. The van der Waals surface area contributed by atoms with Gasteiger partial charge in [0.1, 0.15) is 5.82 Å². The van der Waals surface area contributed by atoms with Gasteiger partial charge in [0.2, 0.25) is 0 Å². The van der Waals surface area contributed by atoms with Crippen LogP contribution in [0.3, 0.4) is 0 Å². The van der Waals surface area contributed by atoms with E-state index in [1.807, 2.05) is 12.1 Å². The number of anilines is 1. The predicted octanol–water partition coefficient (Wildman–Crippen LogP) is 6.06. The van der Waals surface area contributed by atoms with Crippen molar-refractivity contribution < 1.29 is 19.0 Å². The molecule has 1 saturated carbocycles. The minimum atomic E-state index is -0.310. The molecule has 1 aliphatic heterocycles. The van der Waals surface area contributed by atoms with E-state index in [1.54, 1.807) is 19.1 Å². The van der Waals surface area contributed by atoms with Gasteiger partial charge in [0.25, 0.3) is 0 Å². The number of ether oxygens (including phenoxy) is 3. The lowest BCUT2D eigenvalue weighted by Crippen LogP contribution is -2.42. The number of carbonyl (C=O) groups excluding carboxylic acids is 1. The van der Waals surface area contributed by atoms with Crippen LogP contribution in [0.15, 0.2) is 30.3 Å². The second-order valence-corrected chi connectivity index (χ2v) is 9.71. The van der Waals surface area contributed by atoms with Gasteiger partial charge in [0.15, 0.2) is 11.5 Å². The van der Waals surface area contributed by atoms with Gasteiger partial charge in [-0.1, -0.05) is 25.3 Å². The smallest absolute Gasteiger partial charge is 0.414 e. The van der Waals surface area contributed by atoms with E-state index >= 15 is 0 Å². The topological polar surface area (TPSA) is 65.8 Å². The number of amides is 1. The van der Waals surface area contributed by atoms with Crippen LogP contribution in [-0.4, -0.2) is 43.0 Å². The first kappa shape index (κ1) is 23.5. The summed E-state index contributed by atoms with van der Waals surface area (Å²) < 4.78 is 18.6. The number of aromatic nitrogens is 2. The normalized spacial score (nSPS) is 18.4. The van der Waals surface area contributed by atoms with Gasteiger partial charge in [-0.3, -0.25) is 4.90 Å². The number of nitrogens with zero attached hydrogens (tertiary/aromatic N) is 3. The molecule has 3 aromatic rings. The van der Waals surface area contributed by atoms with Crippen molar-refractivity contribution in [3.63, 3.8) is 0 Å². The third kappa shape index (κ3) is 4.21. The van der Waals surface area contributed by atoms with E-state index in [1.165, 1.54) is 44.7 Å². The standard InChI is InChI=1S/C28H35N3O4/c1-18-10-12-21-22(30(18)28(32)35-4)13-14-23-27(21)29-26(31(23)20-8-6-5-7-9-20)17-19-11-15-24(33-2)25(16-19)34-3/h11,13-16,18,20H,5-10,12,17H2,1-4H3/t18-/m0/s1. The van der Waals surface area contributed by atoms with Gasteiger partial charge in [-0.05, 0) is 62.4 Å². The first-order valence-electron chi connectivity index (χ1n) is 12.7. The number of rotatable bonds is 5. The number of fused-ring (bicyclic) bond motifs is 3. The second-order valence-electron chi connectivity index (χ2n) is 9.71. The Morgan fingerprint density at radius 2 is 1.77 bits per heavy atom. The molecule has 0 bridgehead atoms. The lowest BCUT2D eigenvalue weighted by Gasteiger charge is -2.34. The Kier molecular flexibility index (Phi) is 6.58. The maximum atomic E-state index is 12.6. The highest BCUT2D eigenvalue weighted by molar-refractivity contribution is 5.95. The molecule has 0 radical (unpaired) electrons. The third-order valence-corrected chi connectivity index (χ3v) is 7.65. The SMILES string of the molecule is COC(=O)N1c2ccc3c(nc(Cc4ccc(OC)c(OC)c4)n3C3CCCCC3)c2CC[C@@H]1C. The minimum Gasteiger partial charge on any atom is -0.493 e. The molecular weight excluding hydrogens is 442 g/mol. The summed E-state index contributed by atoms with van der Waals surface area (Å²) in [5.41, 5.74) is 5.40. The fourth-order valence-corrected chi connectivity index (χ4v) is 5.87. The zero-order chi connectivity index (χ0) is 24.5. The van der Waals surface area contributed by atoms with Crippen molar-refractivity contribution in [2.24, 2.45) is 0 Å². The second kappa shape index (κ2) is 9.80. The number of aryl methyl sites for hydroxylation is 1. The van der Waals surface area contributed by atoms with E-state index in [-0.39, 0.29) is 12.1 Å². The quantitative estimate of drug-likeness (QED) is 0.447. The van der Waals surface area contributed by atoms with Crippen molar-refractivity contribution in [3.05, 3.63) is 47.3 Å². The molecule has 2 aromatic carbocycles. The van der Waals surface area contributed by atoms with Crippen LogP contribution in [0.2, 0.25) is 0 Å². The molecule has 0 saturated heterocycles. The highest BCUT2D eigenvalue weighted by atomic mass is 16.5. The van der Waals surface area contributed by atoms with Crippen LogP contribution in [0.5, 0.6) is 11.5 Å². The van der Waals surface area contributed by atoms with Crippen LogP contribution in [0, 0.1) is 0 Å². The molecule has 5 rings (SSSR count). The summed E-state index contributed by atoms with van der Waals surface area (Å²) in [5.74, 6) is 2.52. The molecule has 1 aromatic heterocycles. The molecule has 2 aliphatic rings. The third-order valence-electron chi connectivity index (χ3n) is 7.65. The van der Waals surface area contributed by atoms with E-state index in [0.29, 0.717) is 12.5 Å². The fraction of sp³-hybridized carbons (Fsp3) is 0.500. The summed E-state index contributed by atoms with van der Waals surface area (Å²) in [4.78, 5) is 19.6. The van der Waals surface area contributed by atoms with Crippen LogP contribution < -0.4 is 14.4 Å². The lowest BCUT2D eigenvalue weighted by molar-refractivity contribution is 0.175. The highest BCUT2D eigenvalue weighted by Crippen LogP contribution is 2.40. The van der Waals surface area contributed by atoms with Gasteiger partial charge >= 0.3 is 6.09 Å². The lowest BCUT2D eigenvalue weighted by atomic mass is 9.94. The number of imidazole rings is 1. The number of hydrogen-bond acceptors (Lipinski definition) is 5. The van der Waals surface area contributed by atoms with E-state index < -0.39 is 0 Å². The van der Waals surface area contributed by atoms with Crippen LogP contribution in [0.25, 0.3) is 11.0 Å². The van der Waals surface area contributed by atoms with Gasteiger partial charge in [0.05, 0.1) is 38.1 Å². The van der Waals surface area contributed by atoms with Crippen LogP contribution in [0.1, 0.15) is 68.4 Å². The molecule has 0 spiro atoms. The largest absolute Gasteiger partial charge is 0.493 e. The van der Waals surface area contributed by atoms with Crippen molar-refractivity contribution in [2.75, 3.05) is 26.2 Å². The Balaban J connectivity index is 1.63. The van der Waals surface area contributed by atoms with Gasteiger partial charge in [0, 0.05) is 24.1 Å². The summed E-state index contributed by atoms with van der Waals surface area (Å²) in [6.07, 6.45) is 8.33. The molecule has 0 N–H and O–H groups in total. The number of carbonyl (C=O) groups is 1. The zero-order valence-corrected chi connectivity index (χ0v) is 21.2. The molecule has 1 aliphatic carbocycles.